The fourth-order valence-corrected chi connectivity index (χ4v) is 2.77. The molecule has 0 bridgehead atoms. The summed E-state index contributed by atoms with van der Waals surface area (Å²) >= 11 is 0. The Labute approximate surface area is 113 Å². The number of likely N-dealkylation sites (tertiary alicyclic amines) is 1. The predicted molar refractivity (Wildman–Crippen MR) is 68.4 cm³/mol. The number of hydrogen-bond acceptors (Lipinski definition) is 4. The van der Waals surface area contributed by atoms with E-state index in [9.17, 15) is 14.7 Å². The fourth-order valence-electron chi connectivity index (χ4n) is 2.77. The van der Waals surface area contributed by atoms with Crippen molar-refractivity contribution in [1.29, 1.82) is 0 Å². The van der Waals surface area contributed by atoms with Crippen LogP contribution in [0.3, 0.4) is 0 Å². The number of aliphatic hydroxyl groups is 1. The van der Waals surface area contributed by atoms with Crippen LogP contribution in [-0.2, 0) is 14.3 Å². The lowest BCUT2D eigenvalue weighted by molar-refractivity contribution is -0.148. The van der Waals surface area contributed by atoms with Gasteiger partial charge in [-0.3, -0.25) is 9.59 Å². The molecule has 0 aromatic heterocycles. The van der Waals surface area contributed by atoms with E-state index in [1.54, 1.807) is 16.7 Å². The van der Waals surface area contributed by atoms with Crippen molar-refractivity contribution in [3.63, 3.8) is 0 Å². The first-order chi connectivity index (χ1) is 9.13. The molecule has 1 unspecified atom stereocenters. The van der Waals surface area contributed by atoms with Crippen molar-refractivity contribution < 1.29 is 19.4 Å². The van der Waals surface area contributed by atoms with Gasteiger partial charge in [0.2, 0.25) is 11.8 Å². The number of carbonyl (C=O) groups is 2. The standard InChI is InChI=1S/C13H22N2O4/c1-10(17)14-4-2-11(3-5-14)13(18)15-6-7-19-9-12(15)8-16/h11-12,16H,2-9H2,1H3. The first kappa shape index (κ1) is 14.3. The van der Waals surface area contributed by atoms with Gasteiger partial charge in [-0.2, -0.15) is 0 Å². The van der Waals surface area contributed by atoms with Crippen LogP contribution in [-0.4, -0.2) is 72.2 Å². The number of hydrogen-bond donors (Lipinski definition) is 1. The highest BCUT2D eigenvalue weighted by Crippen LogP contribution is 2.21. The van der Waals surface area contributed by atoms with Gasteiger partial charge in [-0.05, 0) is 12.8 Å². The van der Waals surface area contributed by atoms with Crippen LogP contribution in [0.1, 0.15) is 19.8 Å². The van der Waals surface area contributed by atoms with Crippen LogP contribution in [0.2, 0.25) is 0 Å². The molecule has 2 saturated heterocycles. The Kier molecular flexibility index (Phi) is 4.76. The van der Waals surface area contributed by atoms with E-state index in [0.717, 1.165) is 0 Å². The van der Waals surface area contributed by atoms with Gasteiger partial charge >= 0.3 is 0 Å². The van der Waals surface area contributed by atoms with Crippen molar-refractivity contribution in [2.75, 3.05) is 39.5 Å². The first-order valence-electron chi connectivity index (χ1n) is 6.88. The second kappa shape index (κ2) is 6.34. The quantitative estimate of drug-likeness (QED) is 0.732. The van der Waals surface area contributed by atoms with Crippen molar-refractivity contribution in [2.45, 2.75) is 25.8 Å². The summed E-state index contributed by atoms with van der Waals surface area (Å²) in [5.74, 6) is 0.152. The van der Waals surface area contributed by atoms with Crippen molar-refractivity contribution in [3.8, 4) is 0 Å². The second-order valence-electron chi connectivity index (χ2n) is 5.22. The summed E-state index contributed by atoms with van der Waals surface area (Å²) in [5, 5.41) is 9.30. The highest BCUT2D eigenvalue weighted by molar-refractivity contribution is 5.80. The maximum absolute atomic E-state index is 12.5. The molecule has 6 nitrogen and oxygen atoms in total. The molecule has 2 heterocycles. The van der Waals surface area contributed by atoms with Crippen LogP contribution < -0.4 is 0 Å². The lowest BCUT2D eigenvalue weighted by Crippen LogP contribution is -2.53. The summed E-state index contributed by atoms with van der Waals surface area (Å²) in [6.07, 6.45) is 1.43. The number of aliphatic hydroxyl groups excluding tert-OH is 1. The maximum atomic E-state index is 12.5. The minimum atomic E-state index is -0.216. The number of nitrogens with zero attached hydrogens (tertiary/aromatic N) is 2. The third-order valence-electron chi connectivity index (χ3n) is 4.01. The summed E-state index contributed by atoms with van der Waals surface area (Å²) in [4.78, 5) is 27.2. The minimum Gasteiger partial charge on any atom is -0.394 e. The lowest BCUT2D eigenvalue weighted by atomic mass is 9.94. The molecule has 2 amide bonds. The van der Waals surface area contributed by atoms with Crippen LogP contribution >= 0.6 is 0 Å². The first-order valence-corrected chi connectivity index (χ1v) is 6.88. The van der Waals surface area contributed by atoms with Gasteiger partial charge in [0.15, 0.2) is 0 Å². The average molecular weight is 270 g/mol. The molecule has 19 heavy (non-hydrogen) atoms. The summed E-state index contributed by atoms with van der Waals surface area (Å²) in [6.45, 7) is 4.31. The van der Waals surface area contributed by atoms with Crippen LogP contribution in [0.25, 0.3) is 0 Å². The minimum absolute atomic E-state index is 0.0252. The van der Waals surface area contributed by atoms with E-state index >= 15 is 0 Å². The molecule has 0 aromatic rings. The Morgan fingerprint density at radius 3 is 2.53 bits per heavy atom. The molecule has 0 spiro atoms. The summed E-state index contributed by atoms with van der Waals surface area (Å²) in [5.41, 5.74) is 0. The topological polar surface area (TPSA) is 70.1 Å². The van der Waals surface area contributed by atoms with E-state index in [2.05, 4.69) is 0 Å². The molecule has 2 fully saturated rings. The van der Waals surface area contributed by atoms with Gasteiger partial charge in [-0.25, -0.2) is 0 Å². The summed E-state index contributed by atoms with van der Waals surface area (Å²) < 4.78 is 5.28. The predicted octanol–water partition coefficient (Wildman–Crippen LogP) is -0.535. The van der Waals surface area contributed by atoms with Gasteiger partial charge in [0, 0.05) is 32.5 Å². The van der Waals surface area contributed by atoms with E-state index in [1.165, 1.54) is 0 Å². The smallest absolute Gasteiger partial charge is 0.226 e. The van der Waals surface area contributed by atoms with E-state index in [4.69, 9.17) is 4.74 Å². The Morgan fingerprint density at radius 2 is 1.95 bits per heavy atom. The molecule has 0 aromatic carbocycles. The Hall–Kier alpha value is -1.14. The van der Waals surface area contributed by atoms with E-state index in [-0.39, 0.29) is 30.4 Å². The zero-order valence-electron chi connectivity index (χ0n) is 11.4. The third kappa shape index (κ3) is 3.25. The van der Waals surface area contributed by atoms with E-state index < -0.39 is 0 Å². The zero-order valence-corrected chi connectivity index (χ0v) is 11.4. The van der Waals surface area contributed by atoms with Crippen LogP contribution in [0, 0.1) is 5.92 Å². The van der Waals surface area contributed by atoms with Gasteiger partial charge < -0.3 is 19.6 Å². The SMILES string of the molecule is CC(=O)N1CCC(C(=O)N2CCOCC2CO)CC1. The second-order valence-corrected chi connectivity index (χ2v) is 5.22. The van der Waals surface area contributed by atoms with E-state index in [0.29, 0.717) is 45.7 Å². The highest BCUT2D eigenvalue weighted by Gasteiger charge is 2.33. The lowest BCUT2D eigenvalue weighted by Gasteiger charge is -2.39. The molecule has 0 radical (unpaired) electrons. The Bertz CT molecular complexity index is 340. The van der Waals surface area contributed by atoms with Crippen LogP contribution in [0.15, 0.2) is 0 Å². The normalized spacial score (nSPS) is 25.5. The molecule has 1 atom stereocenters. The molecule has 0 saturated carbocycles. The molecular weight excluding hydrogens is 248 g/mol. The Morgan fingerprint density at radius 1 is 1.26 bits per heavy atom. The number of carbonyl (C=O) groups excluding carboxylic acids is 2. The fraction of sp³-hybridized carbons (Fsp3) is 0.846. The number of morpholine rings is 1. The van der Waals surface area contributed by atoms with Crippen molar-refractivity contribution in [3.05, 3.63) is 0 Å². The molecule has 108 valence electrons. The number of rotatable bonds is 2. The number of ether oxygens (including phenoxy) is 1. The molecular formula is C13H22N2O4. The number of piperidine rings is 1. The van der Waals surface area contributed by atoms with Gasteiger partial charge in [-0.1, -0.05) is 0 Å². The van der Waals surface area contributed by atoms with Gasteiger partial charge in [0.1, 0.15) is 0 Å². The monoisotopic (exact) mass is 270 g/mol. The molecule has 0 aliphatic carbocycles. The van der Waals surface area contributed by atoms with Crippen molar-refractivity contribution in [2.24, 2.45) is 5.92 Å². The van der Waals surface area contributed by atoms with Crippen molar-refractivity contribution in [1.82, 2.24) is 9.80 Å². The molecule has 1 N–H and O–H groups in total. The largest absolute Gasteiger partial charge is 0.394 e. The molecule has 2 rings (SSSR count). The maximum Gasteiger partial charge on any atom is 0.226 e. The zero-order chi connectivity index (χ0) is 13.8. The summed E-state index contributed by atoms with van der Waals surface area (Å²) in [6, 6.07) is -0.216. The van der Waals surface area contributed by atoms with Crippen molar-refractivity contribution >= 4 is 11.8 Å². The van der Waals surface area contributed by atoms with Gasteiger partial charge in [0.25, 0.3) is 0 Å². The van der Waals surface area contributed by atoms with Gasteiger partial charge in [-0.15, -0.1) is 0 Å². The number of amides is 2. The van der Waals surface area contributed by atoms with Crippen LogP contribution in [0.4, 0.5) is 0 Å². The summed E-state index contributed by atoms with van der Waals surface area (Å²) in [7, 11) is 0. The molecule has 6 heteroatoms. The van der Waals surface area contributed by atoms with E-state index in [1.807, 2.05) is 0 Å². The van der Waals surface area contributed by atoms with Gasteiger partial charge in [0.05, 0.1) is 25.9 Å². The average Bonchev–Trinajstić information content (AvgIpc) is 2.46. The highest BCUT2D eigenvalue weighted by atomic mass is 16.5. The molecule has 2 aliphatic rings. The Balaban J connectivity index is 1.91. The van der Waals surface area contributed by atoms with Crippen LogP contribution in [0.5, 0.6) is 0 Å². The third-order valence-corrected chi connectivity index (χ3v) is 4.01. The molecule has 2 aliphatic heterocycles.